The number of imidazole rings is 1. The molecule has 0 bridgehead atoms. The molecular weight excluding hydrogens is 234 g/mol. The van der Waals surface area contributed by atoms with E-state index < -0.39 is 0 Å². The highest BCUT2D eigenvalue weighted by atomic mass is 15.1. The van der Waals surface area contributed by atoms with Crippen molar-refractivity contribution in [3.8, 4) is 17.5 Å². The first-order valence-corrected chi connectivity index (χ1v) is 6.12. The van der Waals surface area contributed by atoms with Gasteiger partial charge >= 0.3 is 0 Å². The third-order valence-electron chi connectivity index (χ3n) is 3.32. The summed E-state index contributed by atoms with van der Waals surface area (Å²) in [5, 5.41) is 8.96. The molecule has 0 atom stereocenters. The van der Waals surface area contributed by atoms with E-state index in [2.05, 4.69) is 42.2 Å². The van der Waals surface area contributed by atoms with Crippen molar-refractivity contribution >= 4 is 11.0 Å². The molecule has 3 nitrogen and oxygen atoms in total. The lowest BCUT2D eigenvalue weighted by molar-refractivity contribution is 0.959. The Morgan fingerprint density at radius 3 is 2.53 bits per heavy atom. The van der Waals surface area contributed by atoms with E-state index in [1.165, 1.54) is 5.56 Å². The highest BCUT2D eigenvalue weighted by Gasteiger charge is 2.10. The van der Waals surface area contributed by atoms with Gasteiger partial charge < -0.3 is 4.57 Å². The van der Waals surface area contributed by atoms with Crippen LogP contribution in [0.5, 0.6) is 0 Å². The van der Waals surface area contributed by atoms with E-state index >= 15 is 0 Å². The van der Waals surface area contributed by atoms with E-state index in [-0.39, 0.29) is 0 Å². The number of rotatable bonds is 1. The van der Waals surface area contributed by atoms with Crippen LogP contribution >= 0.6 is 0 Å². The number of hydrogen-bond acceptors (Lipinski definition) is 2. The molecule has 0 amide bonds. The number of fused-ring (bicyclic) bond motifs is 1. The predicted molar refractivity (Wildman–Crippen MR) is 75.6 cm³/mol. The fourth-order valence-corrected chi connectivity index (χ4v) is 2.22. The number of aromatic nitrogens is 2. The molecule has 0 saturated heterocycles. The smallest absolute Gasteiger partial charge is 0.140 e. The first kappa shape index (κ1) is 11.5. The van der Waals surface area contributed by atoms with E-state index in [4.69, 9.17) is 5.26 Å². The lowest BCUT2D eigenvalue weighted by atomic mass is 10.1. The van der Waals surface area contributed by atoms with Crippen LogP contribution in [0, 0.1) is 18.3 Å². The van der Waals surface area contributed by atoms with Crippen LogP contribution < -0.4 is 0 Å². The van der Waals surface area contributed by atoms with Gasteiger partial charge in [0.15, 0.2) is 0 Å². The summed E-state index contributed by atoms with van der Waals surface area (Å²) in [5.74, 6) is 0.921. The van der Waals surface area contributed by atoms with Crippen LogP contribution in [-0.2, 0) is 7.05 Å². The molecule has 1 aromatic heterocycles. The van der Waals surface area contributed by atoms with Crippen molar-refractivity contribution in [2.45, 2.75) is 6.92 Å². The third-order valence-corrected chi connectivity index (χ3v) is 3.32. The minimum Gasteiger partial charge on any atom is -0.327 e. The van der Waals surface area contributed by atoms with Crippen LogP contribution in [0.1, 0.15) is 11.1 Å². The third kappa shape index (κ3) is 1.88. The first-order chi connectivity index (χ1) is 9.19. The van der Waals surface area contributed by atoms with Crippen molar-refractivity contribution in [3.63, 3.8) is 0 Å². The zero-order valence-electron chi connectivity index (χ0n) is 10.9. The topological polar surface area (TPSA) is 41.6 Å². The van der Waals surface area contributed by atoms with Gasteiger partial charge in [-0.05, 0) is 25.1 Å². The van der Waals surface area contributed by atoms with Gasteiger partial charge in [0.05, 0.1) is 22.7 Å². The Labute approximate surface area is 111 Å². The van der Waals surface area contributed by atoms with Gasteiger partial charge in [0.1, 0.15) is 5.82 Å². The Morgan fingerprint density at radius 1 is 1.11 bits per heavy atom. The molecule has 0 fully saturated rings. The highest BCUT2D eigenvalue weighted by molar-refractivity contribution is 5.81. The maximum absolute atomic E-state index is 8.96. The van der Waals surface area contributed by atoms with Gasteiger partial charge in [0.25, 0.3) is 0 Å². The van der Waals surface area contributed by atoms with Crippen LogP contribution in [0.25, 0.3) is 22.4 Å². The second-order valence-corrected chi connectivity index (χ2v) is 4.68. The lowest BCUT2D eigenvalue weighted by Gasteiger charge is -2.02. The number of benzene rings is 2. The lowest BCUT2D eigenvalue weighted by Crippen LogP contribution is -1.92. The molecule has 0 aliphatic carbocycles. The predicted octanol–water partition coefficient (Wildman–Crippen LogP) is 3.42. The molecule has 3 heteroatoms. The van der Waals surface area contributed by atoms with Gasteiger partial charge in [0, 0.05) is 12.6 Å². The maximum Gasteiger partial charge on any atom is 0.140 e. The summed E-state index contributed by atoms with van der Waals surface area (Å²) >= 11 is 0. The summed E-state index contributed by atoms with van der Waals surface area (Å²) in [6.07, 6.45) is 0. The quantitative estimate of drug-likeness (QED) is 0.661. The summed E-state index contributed by atoms with van der Waals surface area (Å²) in [7, 11) is 1.98. The van der Waals surface area contributed by atoms with E-state index in [0.717, 1.165) is 22.4 Å². The van der Waals surface area contributed by atoms with E-state index in [9.17, 15) is 0 Å². The Balaban J connectivity index is 2.23. The molecule has 3 aromatic rings. The second-order valence-electron chi connectivity index (χ2n) is 4.68. The normalized spacial score (nSPS) is 10.6. The highest BCUT2D eigenvalue weighted by Crippen LogP contribution is 2.24. The molecule has 0 saturated carbocycles. The van der Waals surface area contributed by atoms with Crippen molar-refractivity contribution in [1.29, 1.82) is 5.26 Å². The molecule has 0 radical (unpaired) electrons. The summed E-state index contributed by atoms with van der Waals surface area (Å²) in [6.45, 7) is 2.07. The fourth-order valence-electron chi connectivity index (χ4n) is 2.22. The van der Waals surface area contributed by atoms with Crippen molar-refractivity contribution in [2.75, 3.05) is 0 Å². The summed E-state index contributed by atoms with van der Waals surface area (Å²) in [5.41, 5.74) is 4.87. The van der Waals surface area contributed by atoms with Crippen LogP contribution in [0.4, 0.5) is 0 Å². The number of aryl methyl sites for hydroxylation is 2. The molecule has 1 heterocycles. The minimum absolute atomic E-state index is 0.658. The molecule has 2 aromatic carbocycles. The zero-order valence-corrected chi connectivity index (χ0v) is 10.9. The maximum atomic E-state index is 8.96. The van der Waals surface area contributed by atoms with Gasteiger partial charge in [-0.3, -0.25) is 0 Å². The summed E-state index contributed by atoms with van der Waals surface area (Å²) in [6, 6.07) is 16.0. The van der Waals surface area contributed by atoms with Gasteiger partial charge in [-0.15, -0.1) is 0 Å². The van der Waals surface area contributed by atoms with Gasteiger partial charge in [-0.2, -0.15) is 5.26 Å². The van der Waals surface area contributed by atoms with E-state index in [1.807, 2.05) is 23.7 Å². The molecule has 19 heavy (non-hydrogen) atoms. The van der Waals surface area contributed by atoms with Gasteiger partial charge in [0.2, 0.25) is 0 Å². The van der Waals surface area contributed by atoms with E-state index in [0.29, 0.717) is 5.56 Å². The zero-order chi connectivity index (χ0) is 13.4. The largest absolute Gasteiger partial charge is 0.327 e. The SMILES string of the molecule is Cc1ccc(-c2nc3ccc(C#N)cc3n2C)cc1. The second kappa shape index (κ2) is 4.25. The van der Waals surface area contributed by atoms with Gasteiger partial charge in [-0.1, -0.05) is 29.8 Å². The number of hydrogen-bond donors (Lipinski definition) is 0. The Bertz CT molecular complexity index is 789. The first-order valence-electron chi connectivity index (χ1n) is 6.12. The molecule has 92 valence electrons. The van der Waals surface area contributed by atoms with Crippen LogP contribution in [0.15, 0.2) is 42.5 Å². The van der Waals surface area contributed by atoms with Gasteiger partial charge in [-0.25, -0.2) is 4.98 Å². The molecular formula is C16H13N3. The molecule has 0 unspecified atom stereocenters. The Kier molecular flexibility index (Phi) is 2.57. The van der Waals surface area contributed by atoms with Crippen molar-refractivity contribution in [3.05, 3.63) is 53.6 Å². The number of nitriles is 1. The number of nitrogens with zero attached hydrogens (tertiary/aromatic N) is 3. The fraction of sp³-hybridized carbons (Fsp3) is 0.125. The summed E-state index contributed by atoms with van der Waals surface area (Å²) < 4.78 is 2.03. The molecule has 0 spiro atoms. The van der Waals surface area contributed by atoms with Crippen LogP contribution in [0.2, 0.25) is 0 Å². The van der Waals surface area contributed by atoms with Crippen LogP contribution in [-0.4, -0.2) is 9.55 Å². The summed E-state index contributed by atoms with van der Waals surface area (Å²) in [4.78, 5) is 4.64. The molecule has 0 aliphatic heterocycles. The van der Waals surface area contributed by atoms with E-state index in [1.54, 1.807) is 6.07 Å². The van der Waals surface area contributed by atoms with Crippen molar-refractivity contribution in [2.24, 2.45) is 7.05 Å². The molecule has 3 rings (SSSR count). The van der Waals surface area contributed by atoms with Crippen LogP contribution in [0.3, 0.4) is 0 Å². The average Bonchev–Trinajstić information content (AvgIpc) is 2.76. The van der Waals surface area contributed by atoms with Crippen molar-refractivity contribution in [1.82, 2.24) is 9.55 Å². The minimum atomic E-state index is 0.658. The standard InChI is InChI=1S/C16H13N3/c1-11-3-6-13(7-4-11)16-18-14-8-5-12(10-17)9-15(14)19(16)2/h3-9H,1-2H3. The Morgan fingerprint density at radius 2 is 1.84 bits per heavy atom. The molecule has 0 N–H and O–H groups in total. The van der Waals surface area contributed by atoms with Crippen molar-refractivity contribution < 1.29 is 0 Å². The molecule has 0 aliphatic rings. The Hall–Kier alpha value is -2.60. The average molecular weight is 247 g/mol. The monoisotopic (exact) mass is 247 g/mol.